The fourth-order valence-electron chi connectivity index (χ4n) is 6.53. The SMILES string of the molecule is CC1(C)CCC[C@@]2(C)[C@H]1CC[C@]1(CO)O[C@@H](c3ccoc3)C[C@@H]12. The highest BCUT2D eigenvalue weighted by molar-refractivity contribution is 5.18. The van der Waals surface area contributed by atoms with Crippen LogP contribution < -0.4 is 0 Å². The summed E-state index contributed by atoms with van der Waals surface area (Å²) in [4.78, 5) is 0. The first-order chi connectivity index (χ1) is 10.9. The molecule has 2 heterocycles. The van der Waals surface area contributed by atoms with Gasteiger partial charge < -0.3 is 14.3 Å². The lowest BCUT2D eigenvalue weighted by Crippen LogP contribution is -2.58. The predicted octanol–water partition coefficient (Wildman–Crippen LogP) is 4.71. The molecular weight excluding hydrogens is 288 g/mol. The van der Waals surface area contributed by atoms with E-state index in [1.807, 2.05) is 6.07 Å². The van der Waals surface area contributed by atoms with Crippen LogP contribution in [0.3, 0.4) is 0 Å². The van der Waals surface area contributed by atoms with Crippen LogP contribution in [0.4, 0.5) is 0 Å². The van der Waals surface area contributed by atoms with Gasteiger partial charge in [-0.3, -0.25) is 0 Å². The summed E-state index contributed by atoms with van der Waals surface area (Å²) < 4.78 is 11.8. The van der Waals surface area contributed by atoms with Gasteiger partial charge in [-0.15, -0.1) is 0 Å². The summed E-state index contributed by atoms with van der Waals surface area (Å²) >= 11 is 0. The van der Waals surface area contributed by atoms with Crippen LogP contribution in [-0.2, 0) is 4.74 Å². The van der Waals surface area contributed by atoms with Crippen molar-refractivity contribution in [3.63, 3.8) is 0 Å². The molecule has 1 N–H and O–H groups in total. The number of hydrogen-bond acceptors (Lipinski definition) is 3. The molecule has 5 atom stereocenters. The third kappa shape index (κ3) is 2.16. The topological polar surface area (TPSA) is 42.6 Å². The molecule has 2 aliphatic carbocycles. The number of aliphatic hydroxyl groups is 1. The third-order valence-electron chi connectivity index (χ3n) is 7.57. The Kier molecular flexibility index (Phi) is 3.48. The fourth-order valence-corrected chi connectivity index (χ4v) is 6.53. The molecule has 3 fully saturated rings. The third-order valence-corrected chi connectivity index (χ3v) is 7.57. The maximum atomic E-state index is 10.3. The average molecular weight is 318 g/mol. The molecule has 128 valence electrons. The Morgan fingerprint density at radius 2 is 2.00 bits per heavy atom. The lowest BCUT2D eigenvalue weighted by Gasteiger charge is -2.60. The molecule has 1 saturated heterocycles. The predicted molar refractivity (Wildman–Crippen MR) is 88.9 cm³/mol. The van der Waals surface area contributed by atoms with Crippen LogP contribution in [0.25, 0.3) is 0 Å². The molecule has 2 saturated carbocycles. The average Bonchev–Trinajstić information content (AvgIpc) is 3.14. The summed E-state index contributed by atoms with van der Waals surface area (Å²) in [5.74, 6) is 1.18. The lowest BCUT2D eigenvalue weighted by molar-refractivity contribution is -0.179. The van der Waals surface area contributed by atoms with Crippen molar-refractivity contribution in [3.8, 4) is 0 Å². The highest BCUT2D eigenvalue weighted by Crippen LogP contribution is 2.67. The largest absolute Gasteiger partial charge is 0.472 e. The Morgan fingerprint density at radius 3 is 2.70 bits per heavy atom. The van der Waals surface area contributed by atoms with Crippen LogP contribution in [0.2, 0.25) is 0 Å². The molecule has 0 aromatic carbocycles. The van der Waals surface area contributed by atoms with Gasteiger partial charge in [0.15, 0.2) is 0 Å². The molecular formula is C20H30O3. The van der Waals surface area contributed by atoms with Crippen LogP contribution in [0.1, 0.15) is 71.0 Å². The maximum Gasteiger partial charge on any atom is 0.0960 e. The molecule has 1 aromatic heterocycles. The molecule has 23 heavy (non-hydrogen) atoms. The molecule has 3 aliphatic rings. The van der Waals surface area contributed by atoms with Gasteiger partial charge in [0.2, 0.25) is 0 Å². The zero-order valence-electron chi connectivity index (χ0n) is 14.7. The summed E-state index contributed by atoms with van der Waals surface area (Å²) in [6, 6.07) is 2.01. The van der Waals surface area contributed by atoms with Gasteiger partial charge in [0, 0.05) is 5.56 Å². The molecule has 0 radical (unpaired) electrons. The molecule has 3 nitrogen and oxygen atoms in total. The normalized spacial score (nSPS) is 45.5. The summed E-state index contributed by atoms with van der Waals surface area (Å²) in [7, 11) is 0. The minimum absolute atomic E-state index is 0.0755. The minimum Gasteiger partial charge on any atom is -0.472 e. The van der Waals surface area contributed by atoms with Crippen molar-refractivity contribution >= 4 is 0 Å². The fraction of sp³-hybridized carbons (Fsp3) is 0.800. The van der Waals surface area contributed by atoms with E-state index < -0.39 is 0 Å². The second-order valence-electron chi connectivity index (χ2n) is 9.11. The lowest BCUT2D eigenvalue weighted by atomic mass is 9.45. The Morgan fingerprint density at radius 1 is 1.17 bits per heavy atom. The van der Waals surface area contributed by atoms with Gasteiger partial charge in [-0.25, -0.2) is 0 Å². The Hall–Kier alpha value is -0.800. The first-order valence-electron chi connectivity index (χ1n) is 9.22. The van der Waals surface area contributed by atoms with E-state index in [4.69, 9.17) is 9.15 Å². The van der Waals surface area contributed by atoms with Crippen LogP contribution >= 0.6 is 0 Å². The maximum absolute atomic E-state index is 10.3. The van der Waals surface area contributed by atoms with Crippen molar-refractivity contribution < 1.29 is 14.3 Å². The Balaban J connectivity index is 1.71. The second-order valence-corrected chi connectivity index (χ2v) is 9.11. The van der Waals surface area contributed by atoms with Crippen LogP contribution in [0.15, 0.2) is 23.0 Å². The van der Waals surface area contributed by atoms with E-state index in [1.165, 1.54) is 25.7 Å². The monoisotopic (exact) mass is 318 g/mol. The van der Waals surface area contributed by atoms with Gasteiger partial charge >= 0.3 is 0 Å². The second kappa shape index (κ2) is 5.10. The van der Waals surface area contributed by atoms with E-state index in [9.17, 15) is 5.11 Å². The van der Waals surface area contributed by atoms with E-state index in [0.29, 0.717) is 11.3 Å². The standard InChI is InChI=1S/C20H30O3/c1-18(2)7-4-8-19(3)16(18)5-9-20(13-21)17(19)11-15(23-20)14-6-10-22-12-14/h6,10,12,15-17,21H,4-5,7-9,11,13H2,1-3H3/t15-,16+,17-,19+,20-/m1/s1. The molecule has 0 spiro atoms. The first-order valence-corrected chi connectivity index (χ1v) is 9.22. The molecule has 1 aliphatic heterocycles. The zero-order chi connectivity index (χ0) is 16.3. The minimum atomic E-state index is -0.347. The quantitative estimate of drug-likeness (QED) is 0.858. The van der Waals surface area contributed by atoms with Crippen LogP contribution in [0.5, 0.6) is 0 Å². The van der Waals surface area contributed by atoms with E-state index in [-0.39, 0.29) is 23.7 Å². The highest BCUT2D eigenvalue weighted by atomic mass is 16.5. The Labute approximate surface area is 139 Å². The summed E-state index contributed by atoms with van der Waals surface area (Å²) in [5.41, 5.74) is 1.46. The van der Waals surface area contributed by atoms with Gasteiger partial charge in [-0.1, -0.05) is 27.2 Å². The number of hydrogen-bond donors (Lipinski definition) is 1. The van der Waals surface area contributed by atoms with Crippen LogP contribution in [0, 0.1) is 22.7 Å². The van der Waals surface area contributed by atoms with Crippen molar-refractivity contribution in [1.82, 2.24) is 0 Å². The van der Waals surface area contributed by atoms with Gasteiger partial charge in [0.1, 0.15) is 0 Å². The summed E-state index contributed by atoms with van der Waals surface area (Å²) in [6.07, 6.45) is 10.7. The highest BCUT2D eigenvalue weighted by Gasteiger charge is 2.63. The van der Waals surface area contributed by atoms with Gasteiger partial charge in [0.05, 0.1) is 30.8 Å². The van der Waals surface area contributed by atoms with E-state index >= 15 is 0 Å². The number of furan rings is 1. The van der Waals surface area contributed by atoms with Gasteiger partial charge in [-0.05, 0) is 60.8 Å². The number of fused-ring (bicyclic) bond motifs is 3. The summed E-state index contributed by atoms with van der Waals surface area (Å²) in [5, 5.41) is 10.3. The van der Waals surface area contributed by atoms with E-state index in [0.717, 1.165) is 24.3 Å². The van der Waals surface area contributed by atoms with Crippen LogP contribution in [-0.4, -0.2) is 17.3 Å². The van der Waals surface area contributed by atoms with Crippen molar-refractivity contribution in [2.75, 3.05) is 6.61 Å². The van der Waals surface area contributed by atoms with E-state index in [1.54, 1.807) is 12.5 Å². The van der Waals surface area contributed by atoms with Gasteiger partial charge in [-0.2, -0.15) is 0 Å². The smallest absolute Gasteiger partial charge is 0.0960 e. The van der Waals surface area contributed by atoms with Crippen molar-refractivity contribution in [2.24, 2.45) is 22.7 Å². The van der Waals surface area contributed by atoms with Crippen molar-refractivity contribution in [3.05, 3.63) is 24.2 Å². The molecule has 4 rings (SSSR count). The first kappa shape index (κ1) is 15.7. The molecule has 0 unspecified atom stereocenters. The van der Waals surface area contributed by atoms with Crippen molar-refractivity contribution in [2.45, 2.75) is 71.0 Å². The van der Waals surface area contributed by atoms with Crippen molar-refractivity contribution in [1.29, 1.82) is 0 Å². The number of ether oxygens (including phenoxy) is 1. The molecule has 3 heteroatoms. The Bertz CT molecular complexity index is 563. The zero-order valence-corrected chi connectivity index (χ0v) is 14.7. The number of rotatable bonds is 2. The molecule has 1 aromatic rings. The molecule has 0 bridgehead atoms. The summed E-state index contributed by atoms with van der Waals surface area (Å²) in [6.45, 7) is 7.53. The number of aliphatic hydroxyl groups excluding tert-OH is 1. The van der Waals surface area contributed by atoms with Gasteiger partial charge in [0.25, 0.3) is 0 Å². The molecule has 0 amide bonds. The van der Waals surface area contributed by atoms with E-state index in [2.05, 4.69) is 20.8 Å².